The lowest BCUT2D eigenvalue weighted by Gasteiger charge is -2.37. The van der Waals surface area contributed by atoms with Crippen molar-refractivity contribution in [2.24, 2.45) is 0 Å². The zero-order valence-electron chi connectivity index (χ0n) is 11.0. The number of rotatable bonds is 1. The van der Waals surface area contributed by atoms with E-state index >= 15 is 0 Å². The van der Waals surface area contributed by atoms with Gasteiger partial charge in [0.2, 0.25) is 0 Å². The van der Waals surface area contributed by atoms with E-state index in [1.807, 2.05) is 0 Å². The van der Waals surface area contributed by atoms with Crippen molar-refractivity contribution in [1.82, 2.24) is 4.90 Å². The quantitative estimate of drug-likeness (QED) is 0.821. The predicted molar refractivity (Wildman–Crippen MR) is 73.7 cm³/mol. The van der Waals surface area contributed by atoms with E-state index in [2.05, 4.69) is 29.2 Å². The molecule has 1 fully saturated rings. The standard InChI is InChI=1S/C16H23NO/c18-16-8-4-3-7-15(16)17-11-9-13-5-1-2-6-14(13)10-12-17/h1-2,5-6,15-16,18H,3-4,7-12H2/t15-,16-/m0/s1. The van der Waals surface area contributed by atoms with Gasteiger partial charge in [0, 0.05) is 19.1 Å². The molecule has 1 aromatic rings. The van der Waals surface area contributed by atoms with Crippen LogP contribution in [0.5, 0.6) is 0 Å². The number of benzene rings is 1. The first-order valence-corrected chi connectivity index (χ1v) is 7.33. The van der Waals surface area contributed by atoms with Gasteiger partial charge in [-0.05, 0) is 36.8 Å². The second-order valence-electron chi connectivity index (χ2n) is 5.72. The number of aliphatic hydroxyl groups excluding tert-OH is 1. The lowest BCUT2D eigenvalue weighted by atomic mass is 9.91. The third-order valence-corrected chi connectivity index (χ3v) is 4.62. The Morgan fingerprint density at radius 1 is 0.944 bits per heavy atom. The molecule has 2 atom stereocenters. The second kappa shape index (κ2) is 5.41. The number of fused-ring (bicyclic) bond motifs is 1. The molecule has 0 spiro atoms. The van der Waals surface area contributed by atoms with E-state index in [1.165, 1.54) is 30.4 Å². The zero-order chi connectivity index (χ0) is 12.4. The molecule has 0 unspecified atom stereocenters. The van der Waals surface area contributed by atoms with Crippen LogP contribution in [0.4, 0.5) is 0 Å². The summed E-state index contributed by atoms with van der Waals surface area (Å²) in [5.41, 5.74) is 3.01. The molecule has 0 aromatic heterocycles. The second-order valence-corrected chi connectivity index (χ2v) is 5.72. The number of nitrogens with zero attached hydrogens (tertiary/aromatic N) is 1. The number of aliphatic hydroxyl groups is 1. The molecule has 3 rings (SSSR count). The Morgan fingerprint density at radius 2 is 1.56 bits per heavy atom. The van der Waals surface area contributed by atoms with E-state index < -0.39 is 0 Å². The molecule has 2 aliphatic rings. The smallest absolute Gasteiger partial charge is 0.0695 e. The Morgan fingerprint density at radius 3 is 2.17 bits per heavy atom. The van der Waals surface area contributed by atoms with Gasteiger partial charge in [0.05, 0.1) is 6.10 Å². The van der Waals surface area contributed by atoms with Gasteiger partial charge < -0.3 is 5.11 Å². The molecule has 2 heteroatoms. The Labute approximate surface area is 110 Å². The van der Waals surface area contributed by atoms with Crippen molar-refractivity contribution in [2.75, 3.05) is 13.1 Å². The number of hydrogen-bond donors (Lipinski definition) is 1. The molecule has 1 aliphatic carbocycles. The van der Waals surface area contributed by atoms with E-state index in [9.17, 15) is 5.11 Å². The van der Waals surface area contributed by atoms with Crippen molar-refractivity contribution in [3.05, 3.63) is 35.4 Å². The highest BCUT2D eigenvalue weighted by Gasteiger charge is 2.29. The Kier molecular flexibility index (Phi) is 3.67. The van der Waals surface area contributed by atoms with Gasteiger partial charge in [0.25, 0.3) is 0 Å². The van der Waals surface area contributed by atoms with Crippen LogP contribution >= 0.6 is 0 Å². The maximum atomic E-state index is 10.2. The average Bonchev–Trinajstić information content (AvgIpc) is 2.62. The fraction of sp³-hybridized carbons (Fsp3) is 0.625. The van der Waals surface area contributed by atoms with Gasteiger partial charge in [-0.25, -0.2) is 0 Å². The van der Waals surface area contributed by atoms with Crippen molar-refractivity contribution in [2.45, 2.75) is 50.7 Å². The largest absolute Gasteiger partial charge is 0.391 e. The lowest BCUT2D eigenvalue weighted by Crippen LogP contribution is -2.46. The van der Waals surface area contributed by atoms with Crippen LogP contribution in [0.25, 0.3) is 0 Å². The fourth-order valence-corrected chi connectivity index (χ4v) is 3.53. The minimum absolute atomic E-state index is 0.0973. The predicted octanol–water partition coefficient (Wildman–Crippen LogP) is 2.39. The maximum Gasteiger partial charge on any atom is 0.0695 e. The summed E-state index contributed by atoms with van der Waals surface area (Å²) < 4.78 is 0. The van der Waals surface area contributed by atoms with Gasteiger partial charge in [0.15, 0.2) is 0 Å². The van der Waals surface area contributed by atoms with Crippen LogP contribution in [0, 0.1) is 0 Å². The summed E-state index contributed by atoms with van der Waals surface area (Å²) in [5.74, 6) is 0. The molecule has 1 N–H and O–H groups in total. The first kappa shape index (κ1) is 12.2. The Balaban J connectivity index is 1.70. The Bertz CT molecular complexity index is 377. The molecule has 0 amide bonds. The summed E-state index contributed by atoms with van der Waals surface area (Å²) in [6.07, 6.45) is 6.83. The summed E-state index contributed by atoms with van der Waals surface area (Å²) in [7, 11) is 0. The van der Waals surface area contributed by atoms with E-state index in [-0.39, 0.29) is 6.10 Å². The summed E-state index contributed by atoms with van der Waals surface area (Å²) >= 11 is 0. The molecule has 1 saturated carbocycles. The van der Waals surface area contributed by atoms with Gasteiger partial charge in [-0.15, -0.1) is 0 Å². The SMILES string of the molecule is O[C@H]1CCCC[C@@H]1N1CCc2ccccc2CC1. The first-order chi connectivity index (χ1) is 8.84. The van der Waals surface area contributed by atoms with Crippen LogP contribution in [0.1, 0.15) is 36.8 Å². The highest BCUT2D eigenvalue weighted by atomic mass is 16.3. The molecule has 0 bridgehead atoms. The van der Waals surface area contributed by atoms with Gasteiger partial charge in [-0.2, -0.15) is 0 Å². The van der Waals surface area contributed by atoms with Gasteiger partial charge in [-0.3, -0.25) is 4.90 Å². The minimum Gasteiger partial charge on any atom is -0.391 e. The summed E-state index contributed by atoms with van der Waals surface area (Å²) in [4.78, 5) is 2.53. The van der Waals surface area contributed by atoms with Crippen molar-refractivity contribution in [3.8, 4) is 0 Å². The third-order valence-electron chi connectivity index (χ3n) is 4.62. The summed E-state index contributed by atoms with van der Waals surface area (Å²) in [6.45, 7) is 2.22. The molecule has 98 valence electrons. The number of hydrogen-bond acceptors (Lipinski definition) is 2. The van der Waals surface area contributed by atoms with Crippen molar-refractivity contribution >= 4 is 0 Å². The maximum absolute atomic E-state index is 10.2. The van der Waals surface area contributed by atoms with Crippen LogP contribution in [-0.2, 0) is 12.8 Å². The molecule has 1 aliphatic heterocycles. The van der Waals surface area contributed by atoms with Crippen LogP contribution in [0.15, 0.2) is 24.3 Å². The van der Waals surface area contributed by atoms with E-state index in [4.69, 9.17) is 0 Å². The third kappa shape index (κ3) is 2.45. The van der Waals surface area contributed by atoms with Gasteiger partial charge >= 0.3 is 0 Å². The Hall–Kier alpha value is -0.860. The monoisotopic (exact) mass is 245 g/mol. The summed E-state index contributed by atoms with van der Waals surface area (Å²) in [6, 6.07) is 9.22. The molecular formula is C16H23NO. The molecule has 1 heterocycles. The van der Waals surface area contributed by atoms with E-state index in [1.54, 1.807) is 0 Å². The zero-order valence-corrected chi connectivity index (χ0v) is 11.0. The van der Waals surface area contributed by atoms with Crippen LogP contribution in [-0.4, -0.2) is 35.2 Å². The fourth-order valence-electron chi connectivity index (χ4n) is 3.53. The molecule has 18 heavy (non-hydrogen) atoms. The summed E-state index contributed by atoms with van der Waals surface area (Å²) in [5, 5.41) is 10.2. The van der Waals surface area contributed by atoms with E-state index in [0.29, 0.717) is 6.04 Å². The normalized spacial score (nSPS) is 29.6. The van der Waals surface area contributed by atoms with Crippen molar-refractivity contribution in [1.29, 1.82) is 0 Å². The van der Waals surface area contributed by atoms with Crippen LogP contribution in [0.3, 0.4) is 0 Å². The topological polar surface area (TPSA) is 23.5 Å². The van der Waals surface area contributed by atoms with Gasteiger partial charge in [-0.1, -0.05) is 37.1 Å². The minimum atomic E-state index is -0.0973. The first-order valence-electron chi connectivity index (χ1n) is 7.33. The van der Waals surface area contributed by atoms with Gasteiger partial charge in [0.1, 0.15) is 0 Å². The van der Waals surface area contributed by atoms with Crippen LogP contribution in [0.2, 0.25) is 0 Å². The van der Waals surface area contributed by atoms with E-state index in [0.717, 1.165) is 32.4 Å². The molecule has 0 radical (unpaired) electrons. The molecule has 0 saturated heterocycles. The highest BCUT2D eigenvalue weighted by molar-refractivity contribution is 5.28. The highest BCUT2D eigenvalue weighted by Crippen LogP contribution is 2.25. The van der Waals surface area contributed by atoms with Crippen molar-refractivity contribution < 1.29 is 5.11 Å². The van der Waals surface area contributed by atoms with Crippen LogP contribution < -0.4 is 0 Å². The lowest BCUT2D eigenvalue weighted by molar-refractivity contribution is 0.0217. The van der Waals surface area contributed by atoms with Crippen molar-refractivity contribution in [3.63, 3.8) is 0 Å². The molecule has 1 aromatic carbocycles. The molecular weight excluding hydrogens is 222 g/mol. The average molecular weight is 245 g/mol. The molecule has 2 nitrogen and oxygen atoms in total.